The van der Waals surface area contributed by atoms with Gasteiger partial charge in [-0.2, -0.15) is 0 Å². The molecule has 8 heteroatoms. The van der Waals surface area contributed by atoms with Gasteiger partial charge in [0.25, 0.3) is 0 Å². The lowest BCUT2D eigenvalue weighted by atomic mass is 10.2. The largest absolute Gasteiger partial charge is 0.478 e. The van der Waals surface area contributed by atoms with Crippen LogP contribution in [0.3, 0.4) is 0 Å². The first-order valence-corrected chi connectivity index (χ1v) is 6.08. The Morgan fingerprint density at radius 2 is 2.05 bits per heavy atom. The highest BCUT2D eigenvalue weighted by atomic mass is 32.1. The van der Waals surface area contributed by atoms with Gasteiger partial charge in [-0.3, -0.25) is 5.32 Å². The first kappa shape index (κ1) is 13.0. The molecule has 0 bridgehead atoms. The third-order valence-electron chi connectivity index (χ3n) is 2.11. The molecular weight excluding hydrogens is 268 g/mol. The summed E-state index contributed by atoms with van der Waals surface area (Å²) in [7, 11) is 0. The van der Waals surface area contributed by atoms with Gasteiger partial charge >= 0.3 is 12.0 Å². The third-order valence-corrected chi connectivity index (χ3v) is 2.87. The Labute approximate surface area is 112 Å². The van der Waals surface area contributed by atoms with Crippen molar-refractivity contribution in [3.63, 3.8) is 0 Å². The van der Waals surface area contributed by atoms with Gasteiger partial charge in [-0.1, -0.05) is 17.4 Å². The summed E-state index contributed by atoms with van der Waals surface area (Å²) in [6.45, 7) is 1.77. The molecule has 2 aromatic rings. The van der Waals surface area contributed by atoms with E-state index in [-0.39, 0.29) is 5.56 Å². The van der Waals surface area contributed by atoms with E-state index >= 15 is 0 Å². The number of hydrogen-bond donors (Lipinski definition) is 3. The van der Waals surface area contributed by atoms with E-state index in [1.54, 1.807) is 19.1 Å². The molecule has 0 saturated carbocycles. The minimum Gasteiger partial charge on any atom is -0.478 e. The lowest BCUT2D eigenvalue weighted by Crippen LogP contribution is -2.19. The Hall–Kier alpha value is -2.48. The zero-order valence-electron chi connectivity index (χ0n) is 9.88. The quantitative estimate of drug-likeness (QED) is 0.798. The number of carbonyl (C=O) groups excluding carboxylic acids is 1. The number of carboxylic acid groups (broad SMARTS) is 1. The zero-order valence-corrected chi connectivity index (χ0v) is 10.7. The normalized spacial score (nSPS) is 9.95. The molecule has 2 rings (SSSR count). The van der Waals surface area contributed by atoms with Crippen LogP contribution in [0.1, 0.15) is 15.4 Å². The highest BCUT2D eigenvalue weighted by Gasteiger charge is 2.08. The second-order valence-corrected chi connectivity index (χ2v) is 4.77. The monoisotopic (exact) mass is 278 g/mol. The molecule has 1 heterocycles. The molecule has 0 radical (unpaired) electrons. The van der Waals surface area contributed by atoms with E-state index in [9.17, 15) is 9.59 Å². The third kappa shape index (κ3) is 3.49. The fraction of sp³-hybridized carbons (Fsp3) is 0.0909. The van der Waals surface area contributed by atoms with Gasteiger partial charge in [0, 0.05) is 5.69 Å². The topological polar surface area (TPSA) is 104 Å². The summed E-state index contributed by atoms with van der Waals surface area (Å²) in [6, 6.07) is 5.46. The smallest absolute Gasteiger partial charge is 0.335 e. The van der Waals surface area contributed by atoms with E-state index in [1.807, 2.05) is 0 Å². The Morgan fingerprint density at radius 3 is 2.68 bits per heavy atom. The molecule has 0 aliphatic heterocycles. The SMILES string of the molecule is Cc1nnc(NC(=O)Nc2cccc(C(=O)O)c2)s1. The number of anilines is 2. The molecular formula is C11H10N4O3S. The number of nitrogens with one attached hydrogen (secondary N) is 2. The van der Waals surface area contributed by atoms with Crippen molar-refractivity contribution in [2.75, 3.05) is 10.6 Å². The summed E-state index contributed by atoms with van der Waals surface area (Å²) in [4.78, 5) is 22.4. The molecule has 0 unspecified atom stereocenters. The molecule has 3 N–H and O–H groups in total. The molecule has 7 nitrogen and oxygen atoms in total. The molecule has 98 valence electrons. The van der Waals surface area contributed by atoms with Gasteiger partial charge in [0.05, 0.1) is 5.56 Å². The van der Waals surface area contributed by atoms with Crippen LogP contribution in [-0.4, -0.2) is 27.3 Å². The van der Waals surface area contributed by atoms with Crippen LogP contribution in [-0.2, 0) is 0 Å². The lowest BCUT2D eigenvalue weighted by molar-refractivity contribution is 0.0697. The minimum absolute atomic E-state index is 0.101. The highest BCUT2D eigenvalue weighted by Crippen LogP contribution is 2.15. The van der Waals surface area contributed by atoms with Gasteiger partial charge in [0.2, 0.25) is 5.13 Å². The molecule has 0 spiro atoms. The number of amides is 2. The molecule has 0 atom stereocenters. The maximum Gasteiger partial charge on any atom is 0.335 e. The van der Waals surface area contributed by atoms with E-state index in [0.717, 1.165) is 5.01 Å². The fourth-order valence-electron chi connectivity index (χ4n) is 1.34. The second kappa shape index (κ2) is 5.44. The minimum atomic E-state index is -1.05. The Bertz CT molecular complexity index is 626. The van der Waals surface area contributed by atoms with Crippen LogP contribution in [0.2, 0.25) is 0 Å². The Kier molecular flexibility index (Phi) is 3.71. The van der Waals surface area contributed by atoms with Gasteiger partial charge in [-0.05, 0) is 25.1 Å². The first-order valence-electron chi connectivity index (χ1n) is 5.26. The predicted octanol–water partition coefficient (Wildman–Crippen LogP) is 2.19. The van der Waals surface area contributed by atoms with Gasteiger partial charge in [0.15, 0.2) is 0 Å². The van der Waals surface area contributed by atoms with Crippen LogP contribution < -0.4 is 10.6 Å². The van der Waals surface area contributed by atoms with Crippen molar-refractivity contribution in [3.8, 4) is 0 Å². The molecule has 0 aliphatic rings. The summed E-state index contributed by atoms with van der Waals surface area (Å²) >= 11 is 1.25. The van der Waals surface area contributed by atoms with Crippen molar-refractivity contribution in [2.45, 2.75) is 6.92 Å². The number of urea groups is 1. The number of rotatable bonds is 3. The predicted molar refractivity (Wildman–Crippen MR) is 70.7 cm³/mol. The van der Waals surface area contributed by atoms with E-state index in [2.05, 4.69) is 20.8 Å². The molecule has 0 fully saturated rings. The summed E-state index contributed by atoms with van der Waals surface area (Å²) in [5.74, 6) is -1.05. The first-order chi connectivity index (χ1) is 9.04. The summed E-state index contributed by atoms with van der Waals surface area (Å²) in [5.41, 5.74) is 0.489. The second-order valence-electron chi connectivity index (χ2n) is 3.59. The number of benzene rings is 1. The number of carboxylic acids is 1. The molecule has 0 aliphatic carbocycles. The van der Waals surface area contributed by atoms with E-state index in [0.29, 0.717) is 10.8 Å². The summed E-state index contributed by atoms with van der Waals surface area (Å²) in [5, 5.41) is 22.5. The molecule has 0 saturated heterocycles. The van der Waals surface area contributed by atoms with Gasteiger partial charge in [-0.15, -0.1) is 10.2 Å². The maximum atomic E-state index is 11.6. The number of aromatic nitrogens is 2. The Balaban J connectivity index is 2.02. The molecule has 19 heavy (non-hydrogen) atoms. The van der Waals surface area contributed by atoms with Crippen molar-refractivity contribution in [1.29, 1.82) is 0 Å². The van der Waals surface area contributed by atoms with Crippen LogP contribution in [0.15, 0.2) is 24.3 Å². The summed E-state index contributed by atoms with van der Waals surface area (Å²) < 4.78 is 0. The molecule has 1 aromatic heterocycles. The van der Waals surface area contributed by atoms with E-state index in [1.165, 1.54) is 23.5 Å². The fourth-order valence-corrected chi connectivity index (χ4v) is 1.92. The average Bonchev–Trinajstić information content (AvgIpc) is 2.74. The van der Waals surface area contributed by atoms with Crippen molar-refractivity contribution in [3.05, 3.63) is 34.8 Å². The van der Waals surface area contributed by atoms with Crippen LogP contribution >= 0.6 is 11.3 Å². The highest BCUT2D eigenvalue weighted by molar-refractivity contribution is 7.15. The maximum absolute atomic E-state index is 11.6. The number of aromatic carboxylic acids is 1. The number of carbonyl (C=O) groups is 2. The van der Waals surface area contributed by atoms with Crippen molar-refractivity contribution < 1.29 is 14.7 Å². The Morgan fingerprint density at radius 1 is 1.26 bits per heavy atom. The van der Waals surface area contributed by atoms with Crippen LogP contribution in [0.5, 0.6) is 0 Å². The van der Waals surface area contributed by atoms with Crippen molar-refractivity contribution in [1.82, 2.24) is 10.2 Å². The summed E-state index contributed by atoms with van der Waals surface area (Å²) in [6.07, 6.45) is 0. The van der Waals surface area contributed by atoms with Crippen LogP contribution in [0.25, 0.3) is 0 Å². The number of aryl methyl sites for hydroxylation is 1. The van der Waals surface area contributed by atoms with Gasteiger partial charge in [-0.25, -0.2) is 9.59 Å². The van der Waals surface area contributed by atoms with E-state index < -0.39 is 12.0 Å². The number of hydrogen-bond acceptors (Lipinski definition) is 5. The van der Waals surface area contributed by atoms with E-state index in [4.69, 9.17) is 5.11 Å². The van der Waals surface area contributed by atoms with Crippen LogP contribution in [0.4, 0.5) is 15.6 Å². The zero-order chi connectivity index (χ0) is 13.8. The van der Waals surface area contributed by atoms with Crippen molar-refractivity contribution >= 4 is 34.2 Å². The lowest BCUT2D eigenvalue weighted by Gasteiger charge is -2.05. The standard InChI is InChI=1S/C11H10N4O3S/c1-6-14-15-11(19-6)13-10(18)12-8-4-2-3-7(5-8)9(16)17/h2-5H,1H3,(H,16,17)(H2,12,13,15,18). The van der Waals surface area contributed by atoms with Crippen molar-refractivity contribution in [2.24, 2.45) is 0 Å². The molecule has 1 aromatic carbocycles. The molecule has 2 amide bonds. The number of nitrogens with zero attached hydrogens (tertiary/aromatic N) is 2. The van der Waals surface area contributed by atoms with Crippen LogP contribution in [0, 0.1) is 6.92 Å². The van der Waals surface area contributed by atoms with Gasteiger partial charge in [0.1, 0.15) is 5.01 Å². The van der Waals surface area contributed by atoms with Gasteiger partial charge < -0.3 is 10.4 Å². The average molecular weight is 278 g/mol.